The van der Waals surface area contributed by atoms with E-state index in [2.05, 4.69) is 14.8 Å². The molecule has 0 saturated carbocycles. The van der Waals surface area contributed by atoms with E-state index < -0.39 is 26.2 Å². The fourth-order valence-electron chi connectivity index (χ4n) is 0.248. The van der Waals surface area contributed by atoms with Crippen LogP contribution in [0.25, 0.3) is 0 Å². The van der Waals surface area contributed by atoms with Gasteiger partial charge in [0.05, 0.1) is 0 Å². The minimum atomic E-state index is -5.40. The van der Waals surface area contributed by atoms with Gasteiger partial charge in [-0.25, -0.2) is 0 Å². The molecule has 0 fully saturated rings. The Hall–Kier alpha value is 0.890. The Morgan fingerprint density at radius 3 is 1.08 bits per heavy atom. The Balaban J connectivity index is 4.95. The largest absolute Gasteiger partial charge is 0.422 e. The van der Waals surface area contributed by atoms with Gasteiger partial charge in [-0.05, 0) is 25.0 Å². The molecule has 0 spiro atoms. The molecular weight excluding hydrogens is 342 g/mol. The van der Waals surface area contributed by atoms with Crippen LogP contribution in [0.2, 0.25) is 0 Å². The van der Waals surface area contributed by atoms with Crippen molar-refractivity contribution in [3.8, 4) is 0 Å². The maximum atomic E-state index is 11.8. The Labute approximate surface area is 83.4 Å². The van der Waals surface area contributed by atoms with Crippen molar-refractivity contribution < 1.29 is 26.3 Å². The molecule has 0 nitrogen and oxygen atoms in total. The van der Waals surface area contributed by atoms with Crippen molar-refractivity contribution in [2.45, 2.75) is 16.0 Å². The molecule has 0 aliphatic heterocycles. The monoisotopic (exact) mass is 340 g/mol. The fourth-order valence-corrected chi connectivity index (χ4v) is 1.52. The lowest BCUT2D eigenvalue weighted by Gasteiger charge is -2.28. The number of hydrogen-bond donors (Lipinski definition) is 0. The van der Waals surface area contributed by atoms with E-state index in [1.165, 1.54) is 0 Å². The van der Waals surface area contributed by atoms with Crippen LogP contribution >= 0.6 is 40.9 Å². The standard InChI is InChI=1S/C3Br2F6S/c4-1(12-5,2(6,7)8)3(9,10)11. The van der Waals surface area contributed by atoms with Gasteiger partial charge in [-0.1, -0.05) is 15.9 Å². The average Bonchev–Trinajstić information content (AvgIpc) is 1.81. The lowest BCUT2D eigenvalue weighted by molar-refractivity contribution is -0.233. The summed E-state index contributed by atoms with van der Waals surface area (Å²) in [6.07, 6.45) is -10.8. The van der Waals surface area contributed by atoms with E-state index in [4.69, 9.17) is 0 Å². The maximum absolute atomic E-state index is 11.8. The van der Waals surface area contributed by atoms with E-state index in [-0.39, 0.29) is 0 Å². The van der Waals surface area contributed by atoms with Crippen molar-refractivity contribution in [2.75, 3.05) is 0 Å². The lowest BCUT2D eigenvalue weighted by atomic mass is 10.4. The van der Waals surface area contributed by atoms with Crippen molar-refractivity contribution in [3.05, 3.63) is 0 Å². The summed E-state index contributed by atoms with van der Waals surface area (Å²) in [5.41, 5.74) is 0. The molecule has 0 N–H and O–H groups in total. The summed E-state index contributed by atoms with van der Waals surface area (Å²) in [4.78, 5) is 0. The summed E-state index contributed by atoms with van der Waals surface area (Å²) in [5.74, 6) is 0. The van der Waals surface area contributed by atoms with Gasteiger partial charge in [-0.15, -0.1) is 0 Å². The minimum Gasteiger partial charge on any atom is -0.168 e. The molecule has 74 valence electrons. The molecule has 0 atom stereocenters. The Bertz CT molecular complexity index is 147. The van der Waals surface area contributed by atoms with Gasteiger partial charge in [0.15, 0.2) is 0 Å². The van der Waals surface area contributed by atoms with E-state index in [0.29, 0.717) is 0 Å². The van der Waals surface area contributed by atoms with Crippen molar-refractivity contribution in [1.29, 1.82) is 0 Å². The quantitative estimate of drug-likeness (QED) is 0.507. The number of halogens is 8. The molecule has 0 unspecified atom stereocenters. The molecule has 0 aromatic carbocycles. The van der Waals surface area contributed by atoms with Crippen LogP contribution in [-0.4, -0.2) is 16.0 Å². The van der Waals surface area contributed by atoms with E-state index in [1.807, 2.05) is 0 Å². The van der Waals surface area contributed by atoms with Gasteiger partial charge < -0.3 is 0 Å². The SMILES string of the molecule is FC(F)(F)C(Br)(SBr)C(F)(F)F. The predicted molar refractivity (Wildman–Crippen MR) is 40.3 cm³/mol. The molecule has 0 aromatic rings. The zero-order valence-electron chi connectivity index (χ0n) is 4.93. The highest BCUT2D eigenvalue weighted by molar-refractivity contribution is 9.51. The third-order valence-electron chi connectivity index (χ3n) is 0.836. The fraction of sp³-hybridized carbons (Fsp3) is 1.00. The second kappa shape index (κ2) is 3.56. The highest BCUT2D eigenvalue weighted by Crippen LogP contribution is 2.58. The normalized spacial score (nSPS) is 15.0. The first-order valence-electron chi connectivity index (χ1n) is 2.18. The third kappa shape index (κ3) is 2.22. The Kier molecular flexibility index (Phi) is 3.83. The highest BCUT2D eigenvalue weighted by Gasteiger charge is 2.70. The van der Waals surface area contributed by atoms with Gasteiger partial charge >= 0.3 is 12.4 Å². The zero-order valence-corrected chi connectivity index (χ0v) is 8.92. The van der Waals surface area contributed by atoms with Gasteiger partial charge in [0.1, 0.15) is 0 Å². The summed E-state index contributed by atoms with van der Waals surface area (Å²) in [6.45, 7) is 0. The molecule has 0 rings (SSSR count). The van der Waals surface area contributed by atoms with Gasteiger partial charge in [-0.3, -0.25) is 0 Å². The van der Waals surface area contributed by atoms with Crippen LogP contribution in [-0.2, 0) is 0 Å². The number of hydrogen-bond acceptors (Lipinski definition) is 1. The summed E-state index contributed by atoms with van der Waals surface area (Å²) in [7, 11) is -0.535. The molecule has 0 aliphatic carbocycles. The second-order valence-electron chi connectivity index (χ2n) is 1.67. The number of alkyl halides is 7. The summed E-state index contributed by atoms with van der Waals surface area (Å²) < 4.78 is 66.8. The third-order valence-corrected chi connectivity index (χ3v) is 5.66. The van der Waals surface area contributed by atoms with E-state index >= 15 is 0 Å². The molecule has 0 saturated heterocycles. The smallest absolute Gasteiger partial charge is 0.168 e. The van der Waals surface area contributed by atoms with Crippen molar-refractivity contribution in [2.24, 2.45) is 0 Å². The van der Waals surface area contributed by atoms with Crippen molar-refractivity contribution in [3.63, 3.8) is 0 Å². The molecule has 9 heteroatoms. The zero-order chi connectivity index (χ0) is 10.2. The molecule has 0 aromatic heterocycles. The Morgan fingerprint density at radius 1 is 0.833 bits per heavy atom. The average molecular weight is 342 g/mol. The van der Waals surface area contributed by atoms with Gasteiger partial charge in [0, 0.05) is 0 Å². The number of rotatable bonds is 1. The van der Waals surface area contributed by atoms with Crippen LogP contribution in [0.1, 0.15) is 0 Å². The van der Waals surface area contributed by atoms with E-state index in [0.717, 1.165) is 0 Å². The molecule has 0 amide bonds. The minimum absolute atomic E-state index is 0.535. The van der Waals surface area contributed by atoms with Crippen LogP contribution in [0, 0.1) is 0 Å². The molecule has 0 bridgehead atoms. The lowest BCUT2D eigenvalue weighted by Crippen LogP contribution is -2.48. The first-order valence-corrected chi connectivity index (χ1v) is 5.63. The van der Waals surface area contributed by atoms with Crippen LogP contribution in [0.5, 0.6) is 0 Å². The molecule has 0 heterocycles. The van der Waals surface area contributed by atoms with Crippen LogP contribution in [0.3, 0.4) is 0 Å². The second-order valence-corrected chi connectivity index (χ2v) is 5.12. The first-order chi connectivity index (χ1) is 5.06. The van der Waals surface area contributed by atoms with E-state index in [1.54, 1.807) is 15.9 Å². The van der Waals surface area contributed by atoms with Crippen LogP contribution in [0.4, 0.5) is 26.3 Å². The van der Waals surface area contributed by atoms with E-state index in [9.17, 15) is 26.3 Å². The van der Waals surface area contributed by atoms with Crippen LogP contribution in [0.15, 0.2) is 0 Å². The Morgan fingerprint density at radius 2 is 1.08 bits per heavy atom. The molecule has 0 aliphatic rings. The van der Waals surface area contributed by atoms with Crippen molar-refractivity contribution >= 4 is 40.9 Å². The summed E-state index contributed by atoms with van der Waals surface area (Å²) >= 11 is 3.66. The van der Waals surface area contributed by atoms with Crippen LogP contribution < -0.4 is 0 Å². The molecule has 0 radical (unpaired) electrons. The summed E-state index contributed by atoms with van der Waals surface area (Å²) in [5, 5.41) is 0. The van der Waals surface area contributed by atoms with Gasteiger partial charge in [0.25, 0.3) is 3.66 Å². The first kappa shape index (κ1) is 12.9. The van der Waals surface area contributed by atoms with Gasteiger partial charge in [0.2, 0.25) is 0 Å². The highest BCUT2D eigenvalue weighted by atomic mass is 79.9. The van der Waals surface area contributed by atoms with Gasteiger partial charge in [-0.2, -0.15) is 26.3 Å². The topological polar surface area (TPSA) is 0 Å². The summed E-state index contributed by atoms with van der Waals surface area (Å²) in [6, 6.07) is 0. The predicted octanol–water partition coefficient (Wildman–Crippen LogP) is 4.25. The van der Waals surface area contributed by atoms with Crippen molar-refractivity contribution in [1.82, 2.24) is 0 Å². The molecule has 12 heavy (non-hydrogen) atoms. The molecular formula is C3Br2F6S. The maximum Gasteiger partial charge on any atom is 0.422 e.